The molecule has 0 amide bonds. The molecule has 1 N–H and O–H groups in total. The molecule has 3 heterocycles. The topological polar surface area (TPSA) is 82.6 Å². The minimum Gasteiger partial charge on any atom is -0.465 e. The van der Waals surface area contributed by atoms with Crippen molar-refractivity contribution in [3.05, 3.63) is 64.5 Å². The number of aryl methyl sites for hydroxylation is 1. The average molecular weight is 433 g/mol. The lowest BCUT2D eigenvalue weighted by atomic mass is 10.1. The number of hydrogen-bond acceptors (Lipinski definition) is 8. The van der Waals surface area contributed by atoms with Crippen LogP contribution in [-0.4, -0.2) is 29.8 Å². The summed E-state index contributed by atoms with van der Waals surface area (Å²) in [5.74, 6) is 2.51. The molecule has 0 saturated heterocycles. The Morgan fingerprint density at radius 1 is 1.13 bits per heavy atom. The van der Waals surface area contributed by atoms with E-state index in [-0.39, 0.29) is 12.8 Å². The molecule has 0 aliphatic carbocycles. The van der Waals surface area contributed by atoms with Crippen LogP contribution in [0.1, 0.15) is 21.5 Å². The lowest BCUT2D eigenvalue weighted by Gasteiger charge is -2.11. The highest BCUT2D eigenvalue weighted by Crippen LogP contribution is 2.34. The molecule has 0 bridgehead atoms. The number of nitrogens with one attached hydrogen (secondary N) is 1. The molecule has 0 radical (unpaired) electrons. The van der Waals surface area contributed by atoms with Crippen LogP contribution in [0.4, 0.5) is 5.82 Å². The summed E-state index contributed by atoms with van der Waals surface area (Å²) in [6.45, 7) is 2.89. The second kappa shape index (κ2) is 7.88. The fourth-order valence-electron chi connectivity index (χ4n) is 3.45. The molecule has 0 atom stereocenters. The van der Waals surface area contributed by atoms with Crippen molar-refractivity contribution in [1.29, 1.82) is 0 Å². The van der Waals surface area contributed by atoms with Crippen molar-refractivity contribution in [3.63, 3.8) is 0 Å². The number of thiophene rings is 1. The van der Waals surface area contributed by atoms with E-state index in [0.29, 0.717) is 17.9 Å². The van der Waals surface area contributed by atoms with Gasteiger partial charge in [-0.3, -0.25) is 0 Å². The average Bonchev–Trinajstić information content (AvgIpc) is 3.43. The zero-order valence-electron chi connectivity index (χ0n) is 17.0. The fraction of sp³-hybridized carbons (Fsp3) is 0.174. The number of methoxy groups -OCH3 is 1. The zero-order valence-corrected chi connectivity index (χ0v) is 17.8. The number of carbonyl (C=O) groups is 1. The van der Waals surface area contributed by atoms with Gasteiger partial charge in [0, 0.05) is 12.1 Å². The predicted molar refractivity (Wildman–Crippen MR) is 119 cm³/mol. The van der Waals surface area contributed by atoms with Gasteiger partial charge >= 0.3 is 5.97 Å². The van der Waals surface area contributed by atoms with Crippen LogP contribution in [0.3, 0.4) is 0 Å². The predicted octanol–water partition coefficient (Wildman–Crippen LogP) is 4.79. The summed E-state index contributed by atoms with van der Waals surface area (Å²) < 4.78 is 15.6. The van der Waals surface area contributed by atoms with Gasteiger partial charge in [-0.05, 0) is 47.7 Å². The van der Waals surface area contributed by atoms with Crippen LogP contribution in [0.5, 0.6) is 11.5 Å². The SMILES string of the molecule is COC(=O)c1ccc(-c2nc(NCc3ccc4c(c3)OCO4)c3c(C)csc3n2)cc1. The van der Waals surface area contributed by atoms with E-state index < -0.39 is 0 Å². The first-order valence-electron chi connectivity index (χ1n) is 9.69. The van der Waals surface area contributed by atoms with Crippen molar-refractivity contribution in [2.24, 2.45) is 0 Å². The largest absolute Gasteiger partial charge is 0.465 e. The molecule has 4 aromatic rings. The van der Waals surface area contributed by atoms with E-state index in [9.17, 15) is 4.79 Å². The highest BCUT2D eigenvalue weighted by atomic mass is 32.1. The Hall–Kier alpha value is -3.65. The van der Waals surface area contributed by atoms with Gasteiger partial charge in [-0.1, -0.05) is 18.2 Å². The number of fused-ring (bicyclic) bond motifs is 2. The standard InChI is InChI=1S/C23H19N3O4S/c1-13-11-31-22-19(13)21(24-10-14-3-8-17-18(9-14)30-12-29-17)25-20(26-22)15-4-6-16(7-5-15)23(27)28-2/h3-9,11H,10,12H2,1-2H3,(H,24,25,26). The van der Waals surface area contributed by atoms with Crippen molar-refractivity contribution in [3.8, 4) is 22.9 Å². The molecule has 7 nitrogen and oxygen atoms in total. The molecule has 0 spiro atoms. The van der Waals surface area contributed by atoms with Gasteiger partial charge in [0.25, 0.3) is 0 Å². The van der Waals surface area contributed by atoms with E-state index >= 15 is 0 Å². The lowest BCUT2D eigenvalue weighted by Crippen LogP contribution is -2.04. The lowest BCUT2D eigenvalue weighted by molar-refractivity contribution is 0.0600. The Kier molecular flexibility index (Phi) is 4.91. The van der Waals surface area contributed by atoms with E-state index in [4.69, 9.17) is 24.2 Å². The highest BCUT2D eigenvalue weighted by Gasteiger charge is 2.16. The van der Waals surface area contributed by atoms with E-state index in [1.807, 2.05) is 30.3 Å². The number of rotatable bonds is 5. The summed E-state index contributed by atoms with van der Waals surface area (Å²) >= 11 is 1.58. The van der Waals surface area contributed by atoms with Gasteiger partial charge < -0.3 is 19.5 Å². The molecule has 5 rings (SSSR count). The van der Waals surface area contributed by atoms with Crippen LogP contribution in [0, 0.1) is 6.92 Å². The van der Waals surface area contributed by atoms with E-state index in [1.54, 1.807) is 23.5 Å². The first-order chi connectivity index (χ1) is 15.1. The number of hydrogen-bond donors (Lipinski definition) is 1. The molecule has 1 aliphatic rings. The third kappa shape index (κ3) is 3.66. The number of benzene rings is 2. The Balaban J connectivity index is 1.47. The maximum atomic E-state index is 11.7. The monoisotopic (exact) mass is 433 g/mol. The van der Waals surface area contributed by atoms with E-state index in [0.717, 1.165) is 44.2 Å². The van der Waals surface area contributed by atoms with Gasteiger partial charge in [0.1, 0.15) is 10.6 Å². The number of carbonyl (C=O) groups excluding carboxylic acids is 1. The van der Waals surface area contributed by atoms with E-state index in [1.165, 1.54) is 7.11 Å². The summed E-state index contributed by atoms with van der Waals surface area (Å²) in [7, 11) is 1.37. The molecule has 0 fully saturated rings. The maximum absolute atomic E-state index is 11.7. The van der Waals surface area contributed by atoms with Crippen molar-refractivity contribution >= 4 is 33.3 Å². The quantitative estimate of drug-likeness (QED) is 0.453. The molecule has 0 saturated carbocycles. The molecule has 2 aromatic carbocycles. The number of esters is 1. The first-order valence-corrected chi connectivity index (χ1v) is 10.6. The Morgan fingerprint density at radius 3 is 2.74 bits per heavy atom. The Labute approximate surface area is 182 Å². The summed E-state index contributed by atoms with van der Waals surface area (Å²) in [5.41, 5.74) is 3.50. The van der Waals surface area contributed by atoms with Gasteiger partial charge in [-0.25, -0.2) is 14.8 Å². The number of anilines is 1. The molecular weight excluding hydrogens is 414 g/mol. The summed E-state index contributed by atoms with van der Waals surface area (Å²) in [6.07, 6.45) is 0. The van der Waals surface area contributed by atoms with Crippen molar-refractivity contribution in [1.82, 2.24) is 9.97 Å². The third-order valence-corrected chi connectivity index (χ3v) is 6.07. The van der Waals surface area contributed by atoms with Crippen LogP contribution in [0.2, 0.25) is 0 Å². The van der Waals surface area contributed by atoms with Gasteiger partial charge in [0.2, 0.25) is 6.79 Å². The number of aromatic nitrogens is 2. The van der Waals surface area contributed by atoms with Gasteiger partial charge in [0.15, 0.2) is 17.3 Å². The van der Waals surface area contributed by atoms with Gasteiger partial charge in [-0.15, -0.1) is 11.3 Å². The maximum Gasteiger partial charge on any atom is 0.337 e. The third-order valence-electron chi connectivity index (χ3n) is 5.08. The van der Waals surface area contributed by atoms with Crippen molar-refractivity contribution < 1.29 is 19.0 Å². The summed E-state index contributed by atoms with van der Waals surface area (Å²) in [5, 5.41) is 6.55. The fourth-order valence-corrected chi connectivity index (χ4v) is 4.37. The zero-order chi connectivity index (χ0) is 21.4. The minimum atomic E-state index is -0.372. The van der Waals surface area contributed by atoms with Crippen molar-refractivity contribution in [2.75, 3.05) is 19.2 Å². The summed E-state index contributed by atoms with van der Waals surface area (Å²) in [6, 6.07) is 13.0. The molecule has 1 aliphatic heterocycles. The molecule has 156 valence electrons. The highest BCUT2D eigenvalue weighted by molar-refractivity contribution is 7.17. The molecule has 8 heteroatoms. The van der Waals surface area contributed by atoms with Gasteiger partial charge in [0.05, 0.1) is 18.1 Å². The molecule has 2 aromatic heterocycles. The second-order valence-electron chi connectivity index (χ2n) is 7.10. The first kappa shape index (κ1) is 19.3. The number of nitrogens with zero attached hydrogens (tertiary/aromatic N) is 2. The van der Waals surface area contributed by atoms with Gasteiger partial charge in [-0.2, -0.15) is 0 Å². The van der Waals surface area contributed by atoms with Crippen molar-refractivity contribution in [2.45, 2.75) is 13.5 Å². The molecule has 31 heavy (non-hydrogen) atoms. The van der Waals surface area contributed by atoms with Crippen LogP contribution >= 0.6 is 11.3 Å². The minimum absolute atomic E-state index is 0.255. The molecule has 0 unspecified atom stereocenters. The number of ether oxygens (including phenoxy) is 3. The van der Waals surface area contributed by atoms with Crippen LogP contribution in [0.25, 0.3) is 21.6 Å². The van der Waals surface area contributed by atoms with Crippen LogP contribution < -0.4 is 14.8 Å². The van der Waals surface area contributed by atoms with Crippen LogP contribution in [-0.2, 0) is 11.3 Å². The molecular formula is C23H19N3O4S. The Morgan fingerprint density at radius 2 is 1.94 bits per heavy atom. The summed E-state index contributed by atoms with van der Waals surface area (Å²) in [4.78, 5) is 22.2. The normalized spacial score (nSPS) is 12.2. The van der Waals surface area contributed by atoms with E-state index in [2.05, 4.69) is 17.6 Å². The smallest absolute Gasteiger partial charge is 0.337 e. The van der Waals surface area contributed by atoms with Crippen LogP contribution in [0.15, 0.2) is 47.8 Å². The Bertz CT molecular complexity index is 1280. The second-order valence-corrected chi connectivity index (χ2v) is 7.96.